The van der Waals surface area contributed by atoms with Crippen LogP contribution in [0.2, 0.25) is 0 Å². The highest BCUT2D eigenvalue weighted by molar-refractivity contribution is 5.15. The predicted molar refractivity (Wildman–Crippen MR) is 46.4 cm³/mol. The summed E-state index contributed by atoms with van der Waals surface area (Å²) < 4.78 is 5.48. The molecule has 2 nitrogen and oxygen atoms in total. The first-order valence-electron chi connectivity index (χ1n) is 4.28. The molecule has 0 spiro atoms. The molecule has 11 heavy (non-hydrogen) atoms. The van der Waals surface area contributed by atoms with Crippen molar-refractivity contribution in [2.45, 2.75) is 45.8 Å². The molecule has 0 aromatic carbocycles. The fourth-order valence-corrected chi connectivity index (χ4v) is 1.31. The van der Waals surface area contributed by atoms with Gasteiger partial charge in [-0.05, 0) is 25.7 Å². The minimum atomic E-state index is -0.0444. The van der Waals surface area contributed by atoms with E-state index in [1.54, 1.807) is 0 Å². The standard InChI is InChI=1S/C9H19NO/c1-7(2)11-6-9(10)5-8(9,3)4/h7H,5-6,10H2,1-4H3. The lowest BCUT2D eigenvalue weighted by molar-refractivity contribution is 0.0564. The van der Waals surface area contributed by atoms with E-state index in [1.165, 1.54) is 0 Å². The molecule has 0 bridgehead atoms. The summed E-state index contributed by atoms with van der Waals surface area (Å²) in [6.45, 7) is 9.17. The van der Waals surface area contributed by atoms with E-state index in [0.717, 1.165) is 6.42 Å². The topological polar surface area (TPSA) is 35.2 Å². The van der Waals surface area contributed by atoms with Gasteiger partial charge in [-0.25, -0.2) is 0 Å². The van der Waals surface area contributed by atoms with E-state index in [0.29, 0.717) is 18.1 Å². The molecule has 1 unspecified atom stereocenters. The van der Waals surface area contributed by atoms with Crippen molar-refractivity contribution in [3.63, 3.8) is 0 Å². The summed E-state index contributed by atoms with van der Waals surface area (Å²) in [6.07, 6.45) is 1.39. The molecule has 1 rings (SSSR count). The van der Waals surface area contributed by atoms with E-state index in [9.17, 15) is 0 Å². The molecule has 1 aliphatic carbocycles. The quantitative estimate of drug-likeness (QED) is 0.674. The van der Waals surface area contributed by atoms with Crippen molar-refractivity contribution in [3.8, 4) is 0 Å². The van der Waals surface area contributed by atoms with Gasteiger partial charge in [0.1, 0.15) is 0 Å². The summed E-state index contributed by atoms with van der Waals surface area (Å²) in [7, 11) is 0. The Morgan fingerprint density at radius 3 is 2.18 bits per heavy atom. The second-order valence-corrected chi connectivity index (χ2v) is 4.58. The van der Waals surface area contributed by atoms with Crippen molar-refractivity contribution in [1.82, 2.24) is 0 Å². The Morgan fingerprint density at radius 1 is 1.45 bits per heavy atom. The van der Waals surface area contributed by atoms with Gasteiger partial charge in [0.15, 0.2) is 0 Å². The van der Waals surface area contributed by atoms with Crippen molar-refractivity contribution in [3.05, 3.63) is 0 Å². The van der Waals surface area contributed by atoms with Crippen molar-refractivity contribution >= 4 is 0 Å². The van der Waals surface area contributed by atoms with E-state index >= 15 is 0 Å². The molecule has 0 heterocycles. The molecule has 1 atom stereocenters. The summed E-state index contributed by atoms with van der Waals surface area (Å²) in [5.74, 6) is 0. The average molecular weight is 157 g/mol. The fraction of sp³-hybridized carbons (Fsp3) is 1.00. The molecule has 0 aromatic heterocycles. The van der Waals surface area contributed by atoms with Gasteiger partial charge in [0.05, 0.1) is 12.7 Å². The van der Waals surface area contributed by atoms with Crippen molar-refractivity contribution in [2.75, 3.05) is 6.61 Å². The third-order valence-electron chi connectivity index (χ3n) is 2.65. The lowest BCUT2D eigenvalue weighted by atomic mass is 10.1. The van der Waals surface area contributed by atoms with Gasteiger partial charge in [-0.3, -0.25) is 0 Å². The molecular formula is C9H19NO. The molecule has 1 saturated carbocycles. The zero-order valence-electron chi connectivity index (χ0n) is 7.98. The van der Waals surface area contributed by atoms with Gasteiger partial charge in [-0.2, -0.15) is 0 Å². The van der Waals surface area contributed by atoms with Crippen LogP contribution in [0.25, 0.3) is 0 Å². The van der Waals surface area contributed by atoms with E-state index in [2.05, 4.69) is 13.8 Å². The number of nitrogens with two attached hydrogens (primary N) is 1. The van der Waals surface area contributed by atoms with Crippen LogP contribution < -0.4 is 5.73 Å². The number of hydrogen-bond acceptors (Lipinski definition) is 2. The van der Waals surface area contributed by atoms with Crippen LogP contribution in [-0.4, -0.2) is 18.2 Å². The van der Waals surface area contributed by atoms with Crippen molar-refractivity contribution in [2.24, 2.45) is 11.1 Å². The first kappa shape index (κ1) is 9.01. The third kappa shape index (κ3) is 1.74. The van der Waals surface area contributed by atoms with Crippen molar-refractivity contribution < 1.29 is 4.74 Å². The Balaban J connectivity index is 2.29. The predicted octanol–water partition coefficient (Wildman–Crippen LogP) is 1.54. The van der Waals surface area contributed by atoms with E-state index < -0.39 is 0 Å². The van der Waals surface area contributed by atoms with Gasteiger partial charge in [0.2, 0.25) is 0 Å². The van der Waals surface area contributed by atoms with Crippen LogP contribution in [0.3, 0.4) is 0 Å². The first-order valence-corrected chi connectivity index (χ1v) is 4.28. The van der Waals surface area contributed by atoms with Crippen LogP contribution in [-0.2, 0) is 4.74 Å². The summed E-state index contributed by atoms with van der Waals surface area (Å²) in [4.78, 5) is 0. The van der Waals surface area contributed by atoms with Crippen LogP contribution in [0.1, 0.15) is 34.1 Å². The fourth-order valence-electron chi connectivity index (χ4n) is 1.31. The van der Waals surface area contributed by atoms with E-state index in [4.69, 9.17) is 10.5 Å². The van der Waals surface area contributed by atoms with Crippen LogP contribution in [0.4, 0.5) is 0 Å². The van der Waals surface area contributed by atoms with Crippen LogP contribution >= 0.6 is 0 Å². The summed E-state index contributed by atoms with van der Waals surface area (Å²) in [6, 6.07) is 0. The lowest BCUT2D eigenvalue weighted by Gasteiger charge is -2.16. The van der Waals surface area contributed by atoms with Gasteiger partial charge < -0.3 is 10.5 Å². The highest BCUT2D eigenvalue weighted by Crippen LogP contribution is 2.53. The molecule has 0 radical (unpaired) electrons. The molecule has 0 saturated heterocycles. The van der Waals surface area contributed by atoms with Gasteiger partial charge in [0.25, 0.3) is 0 Å². The normalized spacial score (nSPS) is 34.4. The summed E-state index contributed by atoms with van der Waals surface area (Å²) in [5, 5.41) is 0. The second kappa shape index (κ2) is 2.46. The minimum absolute atomic E-state index is 0.0444. The number of ether oxygens (including phenoxy) is 1. The van der Waals surface area contributed by atoms with Gasteiger partial charge in [-0.1, -0.05) is 13.8 Å². The van der Waals surface area contributed by atoms with Gasteiger partial charge in [-0.15, -0.1) is 0 Å². The van der Waals surface area contributed by atoms with E-state index in [1.807, 2.05) is 13.8 Å². The molecular weight excluding hydrogens is 138 g/mol. The zero-order valence-corrected chi connectivity index (χ0v) is 7.98. The molecule has 2 N–H and O–H groups in total. The molecule has 0 amide bonds. The molecule has 0 aliphatic heterocycles. The Hall–Kier alpha value is -0.0800. The molecule has 1 fully saturated rings. The monoisotopic (exact) mass is 157 g/mol. The smallest absolute Gasteiger partial charge is 0.0655 e. The Morgan fingerprint density at radius 2 is 1.91 bits per heavy atom. The SMILES string of the molecule is CC(C)OCC1(N)CC1(C)C. The molecule has 2 heteroatoms. The Bertz CT molecular complexity index is 154. The number of rotatable bonds is 3. The Labute approximate surface area is 69.1 Å². The number of hydrogen-bond donors (Lipinski definition) is 1. The highest BCUT2D eigenvalue weighted by Gasteiger charge is 2.58. The maximum Gasteiger partial charge on any atom is 0.0655 e. The second-order valence-electron chi connectivity index (χ2n) is 4.58. The van der Waals surface area contributed by atoms with Crippen molar-refractivity contribution in [1.29, 1.82) is 0 Å². The average Bonchev–Trinajstić information content (AvgIpc) is 2.29. The summed E-state index contributed by atoms with van der Waals surface area (Å²) in [5.41, 5.74) is 6.30. The van der Waals surface area contributed by atoms with Crippen LogP contribution in [0, 0.1) is 5.41 Å². The van der Waals surface area contributed by atoms with E-state index in [-0.39, 0.29) is 5.54 Å². The minimum Gasteiger partial charge on any atom is -0.377 e. The maximum atomic E-state index is 6.05. The molecule has 66 valence electrons. The molecule has 0 aromatic rings. The van der Waals surface area contributed by atoms with Gasteiger partial charge >= 0.3 is 0 Å². The van der Waals surface area contributed by atoms with Gasteiger partial charge in [0, 0.05) is 5.54 Å². The van der Waals surface area contributed by atoms with Crippen LogP contribution in [0.15, 0.2) is 0 Å². The Kier molecular flexibility index (Phi) is 2.01. The maximum absolute atomic E-state index is 6.05. The first-order chi connectivity index (χ1) is 4.87. The third-order valence-corrected chi connectivity index (χ3v) is 2.65. The zero-order chi connectivity index (χ0) is 8.70. The largest absolute Gasteiger partial charge is 0.377 e. The highest BCUT2D eigenvalue weighted by atomic mass is 16.5. The van der Waals surface area contributed by atoms with Crippen LogP contribution in [0.5, 0.6) is 0 Å². The molecule has 1 aliphatic rings. The lowest BCUT2D eigenvalue weighted by Crippen LogP contribution is -2.34. The summed E-state index contributed by atoms with van der Waals surface area (Å²) >= 11 is 0.